The SMILES string of the molecule is NC(=O)C(SCc1c(F)cccc1Cl)n1c(C(=O)O)cc2cc(Cl)ncc21. The van der Waals surface area contributed by atoms with Gasteiger partial charge in [0.05, 0.1) is 11.7 Å². The Morgan fingerprint density at radius 2 is 2.07 bits per heavy atom. The Balaban J connectivity index is 2.06. The molecule has 1 atom stereocenters. The third kappa shape index (κ3) is 3.87. The number of nitrogens with two attached hydrogens (primary N) is 1. The monoisotopic (exact) mass is 427 g/mol. The summed E-state index contributed by atoms with van der Waals surface area (Å²) in [6, 6.07) is 7.10. The van der Waals surface area contributed by atoms with Crippen molar-refractivity contribution in [3.05, 3.63) is 63.8 Å². The van der Waals surface area contributed by atoms with Gasteiger partial charge in [0.15, 0.2) is 5.37 Å². The molecule has 10 heteroatoms. The fraction of sp³-hybridized carbons (Fsp3) is 0.118. The minimum atomic E-state index is -1.25. The number of amides is 1. The normalized spacial score (nSPS) is 12.3. The van der Waals surface area contributed by atoms with Gasteiger partial charge >= 0.3 is 5.97 Å². The maximum absolute atomic E-state index is 14.0. The third-order valence-electron chi connectivity index (χ3n) is 3.84. The van der Waals surface area contributed by atoms with Crippen molar-refractivity contribution in [3.63, 3.8) is 0 Å². The molecule has 2 heterocycles. The van der Waals surface area contributed by atoms with Crippen LogP contribution in [-0.2, 0) is 10.5 Å². The zero-order valence-corrected chi connectivity index (χ0v) is 15.9. The summed E-state index contributed by atoms with van der Waals surface area (Å²) in [4.78, 5) is 27.7. The molecule has 0 fully saturated rings. The number of aromatic carboxylic acids is 1. The van der Waals surface area contributed by atoms with Crippen LogP contribution in [0.1, 0.15) is 21.4 Å². The van der Waals surface area contributed by atoms with Crippen LogP contribution in [0.2, 0.25) is 10.2 Å². The third-order valence-corrected chi connectivity index (χ3v) is 5.61. The molecule has 3 N–H and O–H groups in total. The molecule has 0 saturated heterocycles. The summed E-state index contributed by atoms with van der Waals surface area (Å²) in [5, 5.41) is 9.28. The molecular formula is C17H12Cl2FN3O3S. The van der Waals surface area contributed by atoms with Crippen LogP contribution in [0.25, 0.3) is 10.9 Å². The molecule has 1 unspecified atom stereocenters. The zero-order valence-electron chi connectivity index (χ0n) is 13.5. The quantitative estimate of drug-likeness (QED) is 0.577. The number of carboxylic acid groups (broad SMARTS) is 1. The summed E-state index contributed by atoms with van der Waals surface area (Å²) < 4.78 is 15.3. The highest BCUT2D eigenvalue weighted by molar-refractivity contribution is 7.99. The lowest BCUT2D eigenvalue weighted by atomic mass is 10.2. The van der Waals surface area contributed by atoms with Gasteiger partial charge in [-0.3, -0.25) is 4.79 Å². The number of pyridine rings is 1. The van der Waals surface area contributed by atoms with Crippen molar-refractivity contribution in [1.29, 1.82) is 0 Å². The molecule has 27 heavy (non-hydrogen) atoms. The van der Waals surface area contributed by atoms with Gasteiger partial charge in [-0.25, -0.2) is 14.2 Å². The molecule has 1 amide bonds. The smallest absolute Gasteiger partial charge is 0.352 e. The molecule has 3 rings (SSSR count). The average molecular weight is 428 g/mol. The van der Waals surface area contributed by atoms with E-state index in [0.29, 0.717) is 10.9 Å². The number of hydrogen-bond donors (Lipinski definition) is 2. The van der Waals surface area contributed by atoms with Crippen LogP contribution in [-0.4, -0.2) is 26.5 Å². The van der Waals surface area contributed by atoms with Crippen LogP contribution in [0, 0.1) is 5.82 Å². The first-order valence-corrected chi connectivity index (χ1v) is 9.33. The van der Waals surface area contributed by atoms with Crippen LogP contribution in [0.15, 0.2) is 36.5 Å². The van der Waals surface area contributed by atoms with Crippen molar-refractivity contribution in [2.75, 3.05) is 0 Å². The number of aromatic nitrogens is 2. The minimum absolute atomic E-state index is 0.0128. The van der Waals surface area contributed by atoms with Gasteiger partial charge in [-0.05, 0) is 24.3 Å². The van der Waals surface area contributed by atoms with Gasteiger partial charge in [-0.2, -0.15) is 0 Å². The molecule has 6 nitrogen and oxygen atoms in total. The van der Waals surface area contributed by atoms with Crippen LogP contribution < -0.4 is 5.73 Å². The summed E-state index contributed by atoms with van der Waals surface area (Å²) in [5.41, 5.74) is 5.92. The van der Waals surface area contributed by atoms with Gasteiger partial charge in [0, 0.05) is 21.7 Å². The van der Waals surface area contributed by atoms with Crippen LogP contribution in [0.5, 0.6) is 0 Å². The van der Waals surface area contributed by atoms with Crippen molar-refractivity contribution in [2.45, 2.75) is 11.1 Å². The van der Waals surface area contributed by atoms with E-state index in [-0.39, 0.29) is 27.2 Å². The fourth-order valence-electron chi connectivity index (χ4n) is 2.63. The molecule has 140 valence electrons. The van der Waals surface area contributed by atoms with Crippen LogP contribution in [0.4, 0.5) is 4.39 Å². The predicted molar refractivity (Wildman–Crippen MR) is 103 cm³/mol. The number of carboxylic acids is 1. The zero-order chi connectivity index (χ0) is 19.7. The number of benzene rings is 1. The van der Waals surface area contributed by atoms with E-state index >= 15 is 0 Å². The Morgan fingerprint density at radius 1 is 1.33 bits per heavy atom. The number of thioether (sulfide) groups is 1. The standard InChI is InChI=1S/C17H12Cl2FN3O3S/c18-10-2-1-3-11(20)9(10)7-27-16(15(21)24)23-12(17(25)26)4-8-5-14(19)22-6-13(8)23/h1-6,16H,7H2,(H2,21,24)(H,25,26). The molecule has 3 aromatic rings. The minimum Gasteiger partial charge on any atom is -0.477 e. The van der Waals surface area contributed by atoms with E-state index in [9.17, 15) is 19.1 Å². The molecule has 0 radical (unpaired) electrons. The number of hydrogen-bond acceptors (Lipinski definition) is 4. The van der Waals surface area contributed by atoms with Gasteiger partial charge in [-0.15, -0.1) is 11.8 Å². The second kappa shape index (κ2) is 7.75. The van der Waals surface area contributed by atoms with E-state index in [2.05, 4.69) is 4.98 Å². The summed E-state index contributed by atoms with van der Waals surface area (Å²) >= 11 is 12.8. The van der Waals surface area contributed by atoms with Crippen molar-refractivity contribution in [2.24, 2.45) is 5.73 Å². The summed E-state index contributed by atoms with van der Waals surface area (Å²) in [6.45, 7) is 0. The van der Waals surface area contributed by atoms with Gasteiger partial charge in [0.1, 0.15) is 16.7 Å². The van der Waals surface area contributed by atoms with Crippen molar-refractivity contribution < 1.29 is 19.1 Å². The van der Waals surface area contributed by atoms with Crippen LogP contribution >= 0.6 is 35.0 Å². The molecule has 0 aliphatic rings. The molecule has 1 aromatic carbocycles. The molecule has 0 saturated carbocycles. The highest BCUT2D eigenvalue weighted by atomic mass is 35.5. The second-order valence-corrected chi connectivity index (χ2v) is 7.40. The highest BCUT2D eigenvalue weighted by Gasteiger charge is 2.27. The number of nitrogens with zero attached hydrogens (tertiary/aromatic N) is 2. The second-order valence-electron chi connectivity index (χ2n) is 5.54. The van der Waals surface area contributed by atoms with E-state index in [1.807, 2.05) is 0 Å². The summed E-state index contributed by atoms with van der Waals surface area (Å²) in [5.74, 6) is -2.55. The average Bonchev–Trinajstić information content (AvgIpc) is 2.96. The number of rotatable bonds is 6. The molecule has 0 bridgehead atoms. The lowest BCUT2D eigenvalue weighted by molar-refractivity contribution is -0.118. The number of halogens is 3. The Morgan fingerprint density at radius 3 is 2.70 bits per heavy atom. The van der Waals surface area contributed by atoms with Crippen LogP contribution in [0.3, 0.4) is 0 Å². The fourth-order valence-corrected chi connectivity index (χ4v) is 4.27. The van der Waals surface area contributed by atoms with Gasteiger partial charge in [-0.1, -0.05) is 29.3 Å². The lowest BCUT2D eigenvalue weighted by Gasteiger charge is -2.18. The molecule has 0 aliphatic heterocycles. The maximum atomic E-state index is 14.0. The molecule has 0 spiro atoms. The van der Waals surface area contributed by atoms with E-state index in [0.717, 1.165) is 11.8 Å². The first kappa shape index (κ1) is 19.5. The van der Waals surface area contributed by atoms with E-state index in [4.69, 9.17) is 28.9 Å². The summed E-state index contributed by atoms with van der Waals surface area (Å²) in [6.07, 6.45) is 1.36. The Labute approximate surface area is 167 Å². The Hall–Kier alpha value is -2.29. The lowest BCUT2D eigenvalue weighted by Crippen LogP contribution is -2.26. The van der Waals surface area contributed by atoms with Gasteiger partial charge < -0.3 is 15.4 Å². The van der Waals surface area contributed by atoms with E-state index in [1.54, 1.807) is 0 Å². The van der Waals surface area contributed by atoms with Crippen molar-refractivity contribution >= 4 is 57.7 Å². The number of primary amides is 1. The predicted octanol–water partition coefficient (Wildman–Crippen LogP) is 4.10. The van der Waals surface area contributed by atoms with E-state index in [1.165, 1.54) is 41.1 Å². The van der Waals surface area contributed by atoms with Gasteiger partial charge in [0.25, 0.3) is 5.91 Å². The van der Waals surface area contributed by atoms with Gasteiger partial charge in [0.2, 0.25) is 0 Å². The Bertz CT molecular complexity index is 1040. The highest BCUT2D eigenvalue weighted by Crippen LogP contribution is 2.35. The largest absolute Gasteiger partial charge is 0.477 e. The van der Waals surface area contributed by atoms with E-state index < -0.39 is 23.1 Å². The molecule has 2 aromatic heterocycles. The summed E-state index contributed by atoms with van der Waals surface area (Å²) in [7, 11) is 0. The Kier molecular flexibility index (Phi) is 5.59. The number of carbonyl (C=O) groups excluding carboxylic acids is 1. The topological polar surface area (TPSA) is 98.2 Å². The first-order chi connectivity index (χ1) is 12.8. The number of fused-ring (bicyclic) bond motifs is 1. The maximum Gasteiger partial charge on any atom is 0.352 e. The molecular weight excluding hydrogens is 416 g/mol. The van der Waals surface area contributed by atoms with Crippen molar-refractivity contribution in [1.82, 2.24) is 9.55 Å². The molecule has 0 aliphatic carbocycles. The van der Waals surface area contributed by atoms with Crippen molar-refractivity contribution in [3.8, 4) is 0 Å². The number of carbonyl (C=O) groups is 2. The first-order valence-electron chi connectivity index (χ1n) is 7.53.